The molecule has 0 atom stereocenters. The molecule has 0 fully saturated rings. The minimum Gasteiger partial charge on any atom is -0.497 e. The van der Waals surface area contributed by atoms with Crippen LogP contribution in [0, 0.1) is 0 Å². The van der Waals surface area contributed by atoms with Gasteiger partial charge in [-0.05, 0) is 30.7 Å². The van der Waals surface area contributed by atoms with Crippen molar-refractivity contribution in [3.63, 3.8) is 0 Å². The predicted octanol–water partition coefficient (Wildman–Crippen LogP) is 0.786. The van der Waals surface area contributed by atoms with E-state index in [0.717, 1.165) is 0 Å². The Kier molecular flexibility index (Phi) is 6.38. The molecule has 2 amide bonds. The lowest BCUT2D eigenvalue weighted by atomic mass is 10.3. The molecule has 19 heavy (non-hydrogen) atoms. The molecule has 0 saturated heterocycles. The average molecular weight is 266 g/mol. The van der Waals surface area contributed by atoms with E-state index in [4.69, 9.17) is 9.47 Å². The van der Waals surface area contributed by atoms with Crippen LogP contribution < -0.4 is 15.4 Å². The topological polar surface area (TPSA) is 76.7 Å². The van der Waals surface area contributed by atoms with Crippen LogP contribution in [0.4, 0.5) is 5.69 Å². The molecule has 0 bridgehead atoms. The van der Waals surface area contributed by atoms with Gasteiger partial charge in [0.2, 0.25) is 0 Å². The van der Waals surface area contributed by atoms with Crippen LogP contribution in [-0.2, 0) is 14.3 Å². The Balaban J connectivity index is 2.38. The van der Waals surface area contributed by atoms with E-state index in [-0.39, 0.29) is 0 Å². The van der Waals surface area contributed by atoms with E-state index in [2.05, 4.69) is 10.6 Å². The van der Waals surface area contributed by atoms with Crippen LogP contribution in [0.1, 0.15) is 6.42 Å². The van der Waals surface area contributed by atoms with Gasteiger partial charge in [-0.1, -0.05) is 0 Å². The van der Waals surface area contributed by atoms with E-state index >= 15 is 0 Å². The molecule has 0 saturated carbocycles. The largest absolute Gasteiger partial charge is 0.497 e. The molecule has 0 radical (unpaired) electrons. The smallest absolute Gasteiger partial charge is 0.313 e. The summed E-state index contributed by atoms with van der Waals surface area (Å²) in [5.41, 5.74) is 0.540. The van der Waals surface area contributed by atoms with Gasteiger partial charge in [-0.25, -0.2) is 0 Å². The van der Waals surface area contributed by atoms with Gasteiger partial charge >= 0.3 is 11.8 Å². The number of hydrogen-bond acceptors (Lipinski definition) is 4. The summed E-state index contributed by atoms with van der Waals surface area (Å²) in [4.78, 5) is 23.0. The lowest BCUT2D eigenvalue weighted by molar-refractivity contribution is -0.136. The van der Waals surface area contributed by atoms with Crippen molar-refractivity contribution in [3.05, 3.63) is 24.3 Å². The maximum atomic E-state index is 11.5. The number of hydrogen-bond donors (Lipinski definition) is 2. The second kappa shape index (κ2) is 8.10. The first-order chi connectivity index (χ1) is 9.17. The summed E-state index contributed by atoms with van der Waals surface area (Å²) in [6, 6.07) is 6.72. The van der Waals surface area contributed by atoms with E-state index in [1.165, 1.54) is 0 Å². The molecule has 0 aliphatic rings. The van der Waals surface area contributed by atoms with Gasteiger partial charge in [0.15, 0.2) is 0 Å². The second-order valence-electron chi connectivity index (χ2n) is 3.78. The van der Waals surface area contributed by atoms with Crippen molar-refractivity contribution in [1.82, 2.24) is 5.32 Å². The predicted molar refractivity (Wildman–Crippen MR) is 71.1 cm³/mol. The van der Waals surface area contributed by atoms with Crippen molar-refractivity contribution in [2.75, 3.05) is 32.7 Å². The van der Waals surface area contributed by atoms with Gasteiger partial charge in [0, 0.05) is 25.9 Å². The molecule has 1 aromatic carbocycles. The lowest BCUT2D eigenvalue weighted by Crippen LogP contribution is -2.36. The standard InChI is InChI=1S/C13H18N2O4/c1-18-9-3-8-14-12(16)13(17)15-10-4-6-11(19-2)7-5-10/h4-7H,3,8-9H2,1-2H3,(H,14,16)(H,15,17). The number of anilines is 1. The van der Waals surface area contributed by atoms with E-state index in [1.54, 1.807) is 38.5 Å². The third-order valence-corrected chi connectivity index (χ3v) is 2.36. The SMILES string of the molecule is COCCCNC(=O)C(=O)Nc1ccc(OC)cc1. The molecule has 0 heterocycles. The van der Waals surface area contributed by atoms with Crippen molar-refractivity contribution < 1.29 is 19.1 Å². The molecule has 0 aromatic heterocycles. The van der Waals surface area contributed by atoms with Gasteiger partial charge in [-0.15, -0.1) is 0 Å². The zero-order chi connectivity index (χ0) is 14.1. The molecule has 6 nitrogen and oxygen atoms in total. The summed E-state index contributed by atoms with van der Waals surface area (Å²) < 4.78 is 9.83. The highest BCUT2D eigenvalue weighted by atomic mass is 16.5. The Morgan fingerprint density at radius 3 is 2.37 bits per heavy atom. The van der Waals surface area contributed by atoms with E-state index in [0.29, 0.717) is 31.0 Å². The maximum Gasteiger partial charge on any atom is 0.313 e. The number of rotatable bonds is 6. The molecular weight excluding hydrogens is 248 g/mol. The van der Waals surface area contributed by atoms with Crippen LogP contribution in [0.3, 0.4) is 0 Å². The average Bonchev–Trinajstić information content (AvgIpc) is 2.44. The van der Waals surface area contributed by atoms with Crippen molar-refractivity contribution >= 4 is 17.5 Å². The normalized spacial score (nSPS) is 9.79. The third-order valence-electron chi connectivity index (χ3n) is 2.36. The summed E-state index contributed by atoms with van der Waals surface area (Å²) in [6.45, 7) is 0.948. The Labute approximate surface area is 112 Å². The highest BCUT2D eigenvalue weighted by molar-refractivity contribution is 6.39. The lowest BCUT2D eigenvalue weighted by Gasteiger charge is -2.07. The first-order valence-electron chi connectivity index (χ1n) is 5.89. The van der Waals surface area contributed by atoms with Gasteiger partial charge < -0.3 is 20.1 Å². The van der Waals surface area contributed by atoms with Crippen molar-refractivity contribution in [1.29, 1.82) is 0 Å². The van der Waals surface area contributed by atoms with Gasteiger partial charge in [0.1, 0.15) is 5.75 Å². The first kappa shape index (κ1) is 15.0. The molecule has 0 unspecified atom stereocenters. The minimum atomic E-state index is -0.692. The molecule has 104 valence electrons. The molecule has 0 aliphatic heterocycles. The number of nitrogens with one attached hydrogen (secondary N) is 2. The maximum absolute atomic E-state index is 11.5. The van der Waals surface area contributed by atoms with Crippen LogP contribution >= 0.6 is 0 Å². The fourth-order valence-corrected chi connectivity index (χ4v) is 1.36. The van der Waals surface area contributed by atoms with E-state index in [9.17, 15) is 9.59 Å². The number of ether oxygens (including phenoxy) is 2. The summed E-state index contributed by atoms with van der Waals surface area (Å²) >= 11 is 0. The van der Waals surface area contributed by atoms with Crippen LogP contribution in [0.25, 0.3) is 0 Å². The van der Waals surface area contributed by atoms with E-state index in [1.807, 2.05) is 0 Å². The number of carbonyl (C=O) groups is 2. The van der Waals surface area contributed by atoms with Gasteiger partial charge in [-0.3, -0.25) is 9.59 Å². The third kappa shape index (κ3) is 5.39. The molecule has 1 rings (SSSR count). The summed E-state index contributed by atoms with van der Waals surface area (Å²) in [7, 11) is 3.14. The number of benzene rings is 1. The molecule has 0 aliphatic carbocycles. The minimum absolute atomic E-state index is 0.405. The molecule has 0 spiro atoms. The highest BCUT2D eigenvalue weighted by Gasteiger charge is 2.12. The second-order valence-corrected chi connectivity index (χ2v) is 3.78. The Bertz CT molecular complexity index is 417. The van der Waals surface area contributed by atoms with E-state index < -0.39 is 11.8 Å². The van der Waals surface area contributed by atoms with Gasteiger partial charge in [0.25, 0.3) is 0 Å². The monoisotopic (exact) mass is 266 g/mol. The van der Waals surface area contributed by atoms with Crippen LogP contribution in [0.15, 0.2) is 24.3 Å². The van der Waals surface area contributed by atoms with Crippen molar-refractivity contribution in [2.24, 2.45) is 0 Å². The molecule has 1 aromatic rings. The van der Waals surface area contributed by atoms with Crippen molar-refractivity contribution in [2.45, 2.75) is 6.42 Å². The summed E-state index contributed by atoms with van der Waals surface area (Å²) in [6.07, 6.45) is 0.665. The van der Waals surface area contributed by atoms with Crippen LogP contribution in [0.5, 0.6) is 5.75 Å². The molecule has 6 heteroatoms. The highest BCUT2D eigenvalue weighted by Crippen LogP contribution is 2.14. The van der Waals surface area contributed by atoms with Crippen LogP contribution in [0.2, 0.25) is 0 Å². The number of amides is 2. The first-order valence-corrected chi connectivity index (χ1v) is 5.89. The Morgan fingerprint density at radius 1 is 1.11 bits per heavy atom. The quantitative estimate of drug-likeness (QED) is 0.589. The fraction of sp³-hybridized carbons (Fsp3) is 0.385. The number of methoxy groups -OCH3 is 2. The van der Waals surface area contributed by atoms with Crippen LogP contribution in [-0.4, -0.2) is 39.2 Å². The zero-order valence-electron chi connectivity index (χ0n) is 11.1. The molecule has 2 N–H and O–H groups in total. The molecular formula is C13H18N2O4. The Hall–Kier alpha value is -2.08. The van der Waals surface area contributed by atoms with Crippen molar-refractivity contribution in [3.8, 4) is 5.75 Å². The fourth-order valence-electron chi connectivity index (χ4n) is 1.36. The van der Waals surface area contributed by atoms with Gasteiger partial charge in [0.05, 0.1) is 7.11 Å². The summed E-state index contributed by atoms with van der Waals surface area (Å²) in [5.74, 6) is -0.670. The Morgan fingerprint density at radius 2 is 1.79 bits per heavy atom. The number of carbonyl (C=O) groups excluding carboxylic acids is 2. The summed E-state index contributed by atoms with van der Waals surface area (Å²) in [5, 5.41) is 5.00. The van der Waals surface area contributed by atoms with Gasteiger partial charge in [-0.2, -0.15) is 0 Å². The zero-order valence-corrected chi connectivity index (χ0v) is 11.1.